The molecule has 0 heterocycles. The average Bonchev–Trinajstić information content (AvgIpc) is 2.89. The van der Waals surface area contributed by atoms with Crippen LogP contribution in [0.1, 0.15) is 11.5 Å². The molecule has 0 spiro atoms. The molecule has 0 aromatic heterocycles. The van der Waals surface area contributed by atoms with Crippen LogP contribution in [0.15, 0.2) is 24.3 Å². The molecule has 3 aromatic carbocycles. The highest BCUT2D eigenvalue weighted by molar-refractivity contribution is 6.56. The summed E-state index contributed by atoms with van der Waals surface area (Å²) in [6.45, 7) is 0. The Morgan fingerprint density at radius 1 is 0.595 bits per heavy atom. The van der Waals surface area contributed by atoms with Crippen LogP contribution in [0.4, 0.5) is 0 Å². The average molecular weight is 707 g/mol. The summed E-state index contributed by atoms with van der Waals surface area (Å²) in [5, 5.41) is -2.55. The normalized spacial score (nSPS) is 11.0. The molecule has 0 N–H and O–H groups in total. The van der Waals surface area contributed by atoms with Gasteiger partial charge in [0.2, 0.25) is 0 Å². The number of benzene rings is 3. The molecule has 0 saturated carbocycles. The van der Waals surface area contributed by atoms with Gasteiger partial charge in [0.1, 0.15) is 25.8 Å². The summed E-state index contributed by atoms with van der Waals surface area (Å²) in [4.78, 5) is 26.7. The summed E-state index contributed by atoms with van der Waals surface area (Å²) in [6, 6.07) is 5.93. The minimum absolute atomic E-state index is 0.0890. The molecule has 0 bridgehead atoms. The largest absolute Gasteiger partial charge is 0.497 e. The van der Waals surface area contributed by atoms with E-state index in [1.807, 2.05) is 0 Å². The van der Waals surface area contributed by atoms with E-state index in [0.717, 1.165) is 0 Å². The number of rotatable bonds is 6. The number of carbonyl (C=O) groups is 2. The number of halogens is 10. The van der Waals surface area contributed by atoms with Crippen LogP contribution in [-0.4, -0.2) is 19.0 Å². The first kappa shape index (κ1) is 30.8. The highest BCUT2D eigenvalue weighted by Gasteiger charge is 2.36. The molecule has 0 aliphatic carbocycles. The molecule has 37 heavy (non-hydrogen) atoms. The Bertz CT molecular complexity index is 1280. The van der Waals surface area contributed by atoms with E-state index in [2.05, 4.69) is 0 Å². The van der Waals surface area contributed by atoms with Gasteiger partial charge in [-0.05, 0) is 17.7 Å². The third kappa shape index (κ3) is 6.22. The molecule has 0 unspecified atom stereocenters. The molecule has 196 valence electrons. The predicted molar refractivity (Wildman–Crippen MR) is 150 cm³/mol. The minimum atomic E-state index is -1.77. The van der Waals surface area contributed by atoms with E-state index >= 15 is 0 Å². The summed E-state index contributed by atoms with van der Waals surface area (Å²) in [7, 11) is 1.39. The number of methoxy groups -OCH3 is 1. The quantitative estimate of drug-likeness (QED) is 0.0840. The second-order valence-electron chi connectivity index (χ2n) is 6.85. The lowest BCUT2D eigenvalue weighted by atomic mass is 9.99. The molecule has 0 radical (unpaired) electrons. The molecule has 0 atom stereocenters. The van der Waals surface area contributed by atoms with Crippen LogP contribution in [0.5, 0.6) is 17.2 Å². The van der Waals surface area contributed by atoms with Crippen molar-refractivity contribution in [2.75, 3.05) is 7.11 Å². The number of hydrogen-bond donors (Lipinski definition) is 0. The van der Waals surface area contributed by atoms with Crippen molar-refractivity contribution in [3.05, 3.63) is 80.1 Å². The van der Waals surface area contributed by atoms with Gasteiger partial charge in [-0.1, -0.05) is 128 Å². The molecule has 3 aromatic rings. The standard InChI is InChI=1S/C22H8Cl10O5/c1-35-7-4-2-3-6(5-7)8(21(33)36-19-15(29)11(25)9(23)12(26)16(19)30)22(34)37-20-17(31)13(27)10(24)14(28)18(20)32/h2-5,8H,1H3. The van der Waals surface area contributed by atoms with Crippen LogP contribution >= 0.6 is 116 Å². The molecule has 0 fully saturated rings. The Labute approximate surface area is 260 Å². The maximum Gasteiger partial charge on any atom is 0.330 e. The van der Waals surface area contributed by atoms with E-state index < -0.39 is 29.4 Å². The van der Waals surface area contributed by atoms with Gasteiger partial charge in [0.25, 0.3) is 0 Å². The van der Waals surface area contributed by atoms with Gasteiger partial charge in [-0.2, -0.15) is 0 Å². The van der Waals surface area contributed by atoms with E-state index in [-0.39, 0.29) is 55.8 Å². The van der Waals surface area contributed by atoms with Crippen LogP contribution in [0.3, 0.4) is 0 Å². The van der Waals surface area contributed by atoms with E-state index in [4.69, 9.17) is 130 Å². The monoisotopic (exact) mass is 702 g/mol. The molecule has 3 rings (SSSR count). The van der Waals surface area contributed by atoms with Gasteiger partial charge in [0.15, 0.2) is 17.4 Å². The van der Waals surface area contributed by atoms with Crippen LogP contribution in [0, 0.1) is 0 Å². The van der Waals surface area contributed by atoms with Gasteiger partial charge in [0.05, 0.1) is 37.2 Å². The zero-order valence-corrected chi connectivity index (χ0v) is 25.3. The number of ether oxygens (including phenoxy) is 3. The van der Waals surface area contributed by atoms with Crippen LogP contribution in [-0.2, 0) is 9.59 Å². The van der Waals surface area contributed by atoms with E-state index in [1.165, 1.54) is 25.3 Å². The van der Waals surface area contributed by atoms with Gasteiger partial charge in [0, 0.05) is 0 Å². The van der Waals surface area contributed by atoms with Crippen molar-refractivity contribution < 1.29 is 23.8 Å². The lowest BCUT2D eigenvalue weighted by Crippen LogP contribution is -2.30. The number of carbonyl (C=O) groups excluding carboxylic acids is 2. The zero-order chi connectivity index (χ0) is 27.8. The Morgan fingerprint density at radius 3 is 1.30 bits per heavy atom. The maximum atomic E-state index is 13.4. The SMILES string of the molecule is COc1cccc(C(C(=O)Oc2c(Cl)c(Cl)c(Cl)c(Cl)c2Cl)C(=O)Oc2c(Cl)c(Cl)c(Cl)c(Cl)c2Cl)c1. The predicted octanol–water partition coefficient (Wildman–Crippen LogP) is 10.5. The fraction of sp³-hybridized carbons (Fsp3) is 0.0909. The third-order valence-electron chi connectivity index (χ3n) is 4.64. The van der Waals surface area contributed by atoms with Crippen molar-refractivity contribution in [2.24, 2.45) is 0 Å². The van der Waals surface area contributed by atoms with Crippen molar-refractivity contribution in [3.63, 3.8) is 0 Å². The lowest BCUT2D eigenvalue weighted by Gasteiger charge is -2.19. The highest BCUT2D eigenvalue weighted by Crippen LogP contribution is 2.50. The van der Waals surface area contributed by atoms with Gasteiger partial charge < -0.3 is 14.2 Å². The Kier molecular flexibility index (Phi) is 10.5. The van der Waals surface area contributed by atoms with Crippen molar-refractivity contribution in [1.82, 2.24) is 0 Å². The topological polar surface area (TPSA) is 61.8 Å². The second-order valence-corrected chi connectivity index (χ2v) is 10.6. The Hall–Kier alpha value is -0.700. The summed E-state index contributed by atoms with van der Waals surface area (Å²) in [5.41, 5.74) is 0.0890. The zero-order valence-electron chi connectivity index (χ0n) is 17.7. The van der Waals surface area contributed by atoms with Crippen LogP contribution < -0.4 is 14.2 Å². The minimum Gasteiger partial charge on any atom is -0.497 e. The van der Waals surface area contributed by atoms with Gasteiger partial charge in [-0.3, -0.25) is 9.59 Å². The molecular weight excluding hydrogens is 699 g/mol. The maximum absolute atomic E-state index is 13.4. The summed E-state index contributed by atoms with van der Waals surface area (Å²) >= 11 is 60.9. The van der Waals surface area contributed by atoms with Crippen molar-refractivity contribution in [1.29, 1.82) is 0 Å². The molecule has 5 nitrogen and oxygen atoms in total. The molecule has 0 aliphatic rings. The molecule has 0 amide bonds. The molecule has 15 heteroatoms. The Morgan fingerprint density at radius 2 is 0.946 bits per heavy atom. The van der Waals surface area contributed by atoms with Crippen LogP contribution in [0.2, 0.25) is 50.2 Å². The number of hydrogen-bond acceptors (Lipinski definition) is 5. The van der Waals surface area contributed by atoms with Gasteiger partial charge in [-0.15, -0.1) is 0 Å². The summed E-state index contributed by atoms with van der Waals surface area (Å²) < 4.78 is 15.9. The fourth-order valence-electron chi connectivity index (χ4n) is 2.86. The first-order valence-corrected chi connectivity index (χ1v) is 13.2. The van der Waals surface area contributed by atoms with Crippen molar-refractivity contribution in [3.8, 4) is 17.2 Å². The third-order valence-corrected chi connectivity index (χ3v) is 9.13. The van der Waals surface area contributed by atoms with E-state index in [0.29, 0.717) is 5.75 Å². The summed E-state index contributed by atoms with van der Waals surface area (Å²) in [5.74, 6) is -4.74. The fourth-order valence-corrected chi connectivity index (χ4v) is 5.25. The second kappa shape index (κ2) is 12.6. The molecular formula is C22H8Cl10O5. The Balaban J connectivity index is 2.11. The van der Waals surface area contributed by atoms with Gasteiger partial charge >= 0.3 is 11.9 Å². The highest BCUT2D eigenvalue weighted by atomic mass is 35.5. The number of esters is 2. The molecule has 0 saturated heterocycles. The van der Waals surface area contributed by atoms with E-state index in [9.17, 15) is 9.59 Å². The van der Waals surface area contributed by atoms with Crippen LogP contribution in [0.25, 0.3) is 0 Å². The van der Waals surface area contributed by atoms with Gasteiger partial charge in [-0.25, -0.2) is 0 Å². The van der Waals surface area contributed by atoms with Crippen molar-refractivity contribution >= 4 is 128 Å². The molecule has 0 aliphatic heterocycles. The smallest absolute Gasteiger partial charge is 0.330 e. The lowest BCUT2D eigenvalue weighted by molar-refractivity contribution is -0.147. The van der Waals surface area contributed by atoms with Crippen molar-refractivity contribution in [2.45, 2.75) is 5.92 Å². The first-order chi connectivity index (χ1) is 17.3. The van der Waals surface area contributed by atoms with E-state index in [1.54, 1.807) is 6.07 Å². The first-order valence-electron chi connectivity index (χ1n) is 9.41. The summed E-state index contributed by atoms with van der Waals surface area (Å²) in [6.07, 6.45) is 0.